The van der Waals surface area contributed by atoms with Crippen LogP contribution in [-0.2, 0) is 27.4 Å². The zero-order valence-electron chi connectivity index (χ0n) is 13.5. The van der Waals surface area contributed by atoms with E-state index in [1.165, 1.54) is 0 Å². The fraction of sp³-hybridized carbons (Fsp3) is 0.438. The Balaban J connectivity index is 1.69. The average Bonchev–Trinajstić information content (AvgIpc) is 3.27. The van der Waals surface area contributed by atoms with Crippen LogP contribution in [0.1, 0.15) is 24.4 Å². The van der Waals surface area contributed by atoms with E-state index >= 15 is 0 Å². The number of imidazole rings is 1. The van der Waals surface area contributed by atoms with Crippen LogP contribution in [0.25, 0.3) is 0 Å². The summed E-state index contributed by atoms with van der Waals surface area (Å²) >= 11 is 0. The Hall–Kier alpha value is -2.61. The van der Waals surface area contributed by atoms with Crippen LogP contribution in [0.5, 0.6) is 0 Å². The van der Waals surface area contributed by atoms with Crippen LogP contribution in [0.15, 0.2) is 35.3 Å². The standard InChI is InChI=1S/C16H20N4O4/c1-2-23-10-15(21)19-8-12-6-17-11-20(12)14(9-19)16(22)18-7-13-4-3-5-24-13/h3-6,11,14H,2,7-10H2,1H3,(H,18,22)/t14-/m0/s1. The van der Waals surface area contributed by atoms with Gasteiger partial charge in [0.1, 0.15) is 18.4 Å². The van der Waals surface area contributed by atoms with Crippen molar-refractivity contribution in [2.45, 2.75) is 26.1 Å². The summed E-state index contributed by atoms with van der Waals surface area (Å²) in [7, 11) is 0. The second-order valence-electron chi connectivity index (χ2n) is 5.52. The summed E-state index contributed by atoms with van der Waals surface area (Å²) in [5.74, 6) is 0.363. The molecule has 0 saturated heterocycles. The van der Waals surface area contributed by atoms with Gasteiger partial charge >= 0.3 is 0 Å². The van der Waals surface area contributed by atoms with Crippen LogP contribution in [0.4, 0.5) is 0 Å². The molecule has 2 aromatic rings. The molecule has 8 heteroatoms. The molecule has 1 N–H and O–H groups in total. The van der Waals surface area contributed by atoms with Crippen LogP contribution in [-0.4, -0.2) is 46.0 Å². The minimum absolute atomic E-state index is 0.0192. The molecular formula is C16H20N4O4. The van der Waals surface area contributed by atoms with E-state index in [2.05, 4.69) is 10.3 Å². The van der Waals surface area contributed by atoms with Gasteiger partial charge < -0.3 is 23.9 Å². The van der Waals surface area contributed by atoms with Gasteiger partial charge in [-0.25, -0.2) is 4.98 Å². The fourth-order valence-corrected chi connectivity index (χ4v) is 2.68. The number of ether oxygens (including phenoxy) is 1. The summed E-state index contributed by atoms with van der Waals surface area (Å²) in [4.78, 5) is 30.5. The Kier molecular flexibility index (Phi) is 4.95. The number of hydrogen-bond acceptors (Lipinski definition) is 5. The van der Waals surface area contributed by atoms with E-state index < -0.39 is 6.04 Å². The Labute approximate surface area is 139 Å². The Morgan fingerprint density at radius 1 is 1.50 bits per heavy atom. The van der Waals surface area contributed by atoms with E-state index in [0.29, 0.717) is 32.0 Å². The number of nitrogens with one attached hydrogen (secondary N) is 1. The molecule has 3 heterocycles. The number of carbonyl (C=O) groups is 2. The summed E-state index contributed by atoms with van der Waals surface area (Å²) in [5.41, 5.74) is 0.823. The van der Waals surface area contributed by atoms with Gasteiger partial charge in [0.05, 0.1) is 37.9 Å². The molecule has 3 rings (SSSR count). The number of rotatable bonds is 6. The van der Waals surface area contributed by atoms with E-state index in [1.807, 2.05) is 11.5 Å². The molecule has 0 bridgehead atoms. The second kappa shape index (κ2) is 7.31. The summed E-state index contributed by atoms with van der Waals surface area (Å²) in [6.45, 7) is 3.35. The summed E-state index contributed by atoms with van der Waals surface area (Å²) in [6.07, 6.45) is 4.86. The largest absolute Gasteiger partial charge is 0.467 e. The van der Waals surface area contributed by atoms with Gasteiger partial charge in [0.15, 0.2) is 0 Å². The number of amides is 2. The van der Waals surface area contributed by atoms with Crippen LogP contribution < -0.4 is 5.32 Å². The van der Waals surface area contributed by atoms with Crippen molar-refractivity contribution in [3.05, 3.63) is 42.4 Å². The Morgan fingerprint density at radius 3 is 3.12 bits per heavy atom. The first kappa shape index (κ1) is 16.3. The van der Waals surface area contributed by atoms with E-state index in [4.69, 9.17) is 9.15 Å². The SMILES string of the molecule is CCOCC(=O)N1Cc2cncn2[C@H](C(=O)NCc2ccco2)C1. The molecular weight excluding hydrogens is 312 g/mol. The molecule has 8 nitrogen and oxygen atoms in total. The lowest BCUT2D eigenvalue weighted by molar-refractivity contribution is -0.139. The van der Waals surface area contributed by atoms with Crippen molar-refractivity contribution in [2.75, 3.05) is 19.8 Å². The highest BCUT2D eigenvalue weighted by molar-refractivity contribution is 5.83. The van der Waals surface area contributed by atoms with Crippen LogP contribution in [0.2, 0.25) is 0 Å². The summed E-state index contributed by atoms with van der Waals surface area (Å²) in [6, 6.07) is 3.04. The topological polar surface area (TPSA) is 89.6 Å². The van der Waals surface area contributed by atoms with Gasteiger partial charge in [-0.15, -0.1) is 0 Å². The first-order valence-electron chi connectivity index (χ1n) is 7.85. The zero-order valence-corrected chi connectivity index (χ0v) is 13.5. The lowest BCUT2D eigenvalue weighted by Gasteiger charge is -2.33. The highest BCUT2D eigenvalue weighted by atomic mass is 16.5. The van der Waals surface area contributed by atoms with Gasteiger partial charge in [0.25, 0.3) is 0 Å². The van der Waals surface area contributed by atoms with Gasteiger partial charge in [-0.1, -0.05) is 0 Å². The predicted molar refractivity (Wildman–Crippen MR) is 83.7 cm³/mol. The molecule has 0 spiro atoms. The average molecular weight is 332 g/mol. The normalized spacial score (nSPS) is 16.7. The molecule has 2 amide bonds. The zero-order chi connectivity index (χ0) is 16.9. The quantitative estimate of drug-likeness (QED) is 0.841. The fourth-order valence-electron chi connectivity index (χ4n) is 2.68. The smallest absolute Gasteiger partial charge is 0.249 e. The maximum Gasteiger partial charge on any atom is 0.249 e. The van der Waals surface area contributed by atoms with Gasteiger partial charge in [0.2, 0.25) is 11.8 Å². The van der Waals surface area contributed by atoms with Gasteiger partial charge in [-0.2, -0.15) is 0 Å². The number of nitrogens with zero attached hydrogens (tertiary/aromatic N) is 3. The van der Waals surface area contributed by atoms with Crippen LogP contribution >= 0.6 is 0 Å². The highest BCUT2D eigenvalue weighted by Crippen LogP contribution is 2.21. The van der Waals surface area contributed by atoms with Crippen molar-refractivity contribution < 1.29 is 18.7 Å². The first-order chi connectivity index (χ1) is 11.7. The maximum atomic E-state index is 12.6. The van der Waals surface area contributed by atoms with E-state index in [-0.39, 0.29) is 18.4 Å². The Morgan fingerprint density at radius 2 is 2.38 bits per heavy atom. The van der Waals surface area contributed by atoms with E-state index in [0.717, 1.165) is 5.69 Å². The molecule has 0 saturated carbocycles. The third-order valence-corrected chi connectivity index (χ3v) is 3.93. The summed E-state index contributed by atoms with van der Waals surface area (Å²) < 4.78 is 12.2. The van der Waals surface area contributed by atoms with E-state index in [9.17, 15) is 9.59 Å². The maximum absolute atomic E-state index is 12.6. The molecule has 0 radical (unpaired) electrons. The molecule has 128 valence electrons. The predicted octanol–water partition coefficient (Wildman–Crippen LogP) is 0.712. The number of fused-ring (bicyclic) bond motifs is 1. The van der Waals surface area contributed by atoms with Crippen molar-refractivity contribution in [2.24, 2.45) is 0 Å². The van der Waals surface area contributed by atoms with Crippen molar-refractivity contribution in [1.82, 2.24) is 19.8 Å². The molecule has 1 aliphatic heterocycles. The lowest BCUT2D eigenvalue weighted by atomic mass is 10.1. The first-order valence-corrected chi connectivity index (χ1v) is 7.85. The monoisotopic (exact) mass is 332 g/mol. The second-order valence-corrected chi connectivity index (χ2v) is 5.52. The Bertz CT molecular complexity index is 695. The third-order valence-electron chi connectivity index (χ3n) is 3.93. The number of hydrogen-bond donors (Lipinski definition) is 1. The molecule has 0 fully saturated rings. The third kappa shape index (κ3) is 3.48. The van der Waals surface area contributed by atoms with Gasteiger partial charge in [0, 0.05) is 12.8 Å². The number of aromatic nitrogens is 2. The van der Waals surface area contributed by atoms with Gasteiger partial charge in [-0.3, -0.25) is 9.59 Å². The van der Waals surface area contributed by atoms with Crippen LogP contribution in [0.3, 0.4) is 0 Å². The van der Waals surface area contributed by atoms with Gasteiger partial charge in [-0.05, 0) is 19.1 Å². The molecule has 0 aromatic carbocycles. The number of carbonyl (C=O) groups excluding carboxylic acids is 2. The van der Waals surface area contributed by atoms with Crippen LogP contribution in [0, 0.1) is 0 Å². The number of furan rings is 1. The van der Waals surface area contributed by atoms with Crippen molar-refractivity contribution in [3.8, 4) is 0 Å². The molecule has 1 atom stereocenters. The molecule has 24 heavy (non-hydrogen) atoms. The van der Waals surface area contributed by atoms with Crippen molar-refractivity contribution in [1.29, 1.82) is 0 Å². The lowest BCUT2D eigenvalue weighted by Crippen LogP contribution is -2.47. The molecule has 0 aliphatic carbocycles. The summed E-state index contributed by atoms with van der Waals surface area (Å²) in [5, 5.41) is 2.84. The minimum atomic E-state index is -0.517. The van der Waals surface area contributed by atoms with Crippen molar-refractivity contribution in [3.63, 3.8) is 0 Å². The van der Waals surface area contributed by atoms with Crippen molar-refractivity contribution >= 4 is 11.8 Å². The van der Waals surface area contributed by atoms with E-state index in [1.54, 1.807) is 35.8 Å². The molecule has 0 unspecified atom stereocenters. The highest BCUT2D eigenvalue weighted by Gasteiger charge is 2.32. The minimum Gasteiger partial charge on any atom is -0.467 e. The molecule has 2 aromatic heterocycles. The molecule has 1 aliphatic rings.